The summed E-state index contributed by atoms with van der Waals surface area (Å²) in [6, 6.07) is 49.2. The smallest absolute Gasteiger partial charge is 0.0675 e. The predicted molar refractivity (Wildman–Crippen MR) is 165 cm³/mol. The van der Waals surface area contributed by atoms with Crippen LogP contribution in [0.4, 0.5) is 0 Å². The molecule has 0 fully saturated rings. The maximum absolute atomic E-state index is 2.55. The summed E-state index contributed by atoms with van der Waals surface area (Å²) in [6.45, 7) is 7.26. The summed E-state index contributed by atoms with van der Waals surface area (Å²) in [5, 5.41) is 8.59. The van der Waals surface area contributed by atoms with Crippen LogP contribution in [0.25, 0.3) is 21.9 Å². The van der Waals surface area contributed by atoms with Crippen LogP contribution in [-0.2, 0) is 0 Å². The van der Waals surface area contributed by atoms with Crippen LogP contribution in [-0.4, -0.2) is 8.07 Å². The van der Waals surface area contributed by atoms with Crippen molar-refractivity contribution in [3.63, 3.8) is 0 Å². The molecule has 0 bridgehead atoms. The Hall–Kier alpha value is -2.99. The number of fused-ring (bicyclic) bond motifs is 1. The van der Waals surface area contributed by atoms with Crippen molar-refractivity contribution < 1.29 is 0 Å². The molecule has 0 aromatic heterocycles. The van der Waals surface area contributed by atoms with Crippen molar-refractivity contribution in [3.8, 4) is 11.1 Å². The third kappa shape index (κ3) is 4.59. The Kier molecular flexibility index (Phi) is 7.51. The molecule has 0 unspecified atom stereocenters. The molecular formula is C34H35PSi. The van der Waals surface area contributed by atoms with Crippen molar-refractivity contribution in [2.24, 2.45) is 0 Å². The summed E-state index contributed by atoms with van der Waals surface area (Å²) in [7, 11) is -2.33. The molecule has 0 amide bonds. The van der Waals surface area contributed by atoms with Crippen LogP contribution in [0.2, 0.25) is 18.1 Å². The lowest BCUT2D eigenvalue weighted by atomic mass is 10.0. The second-order valence-corrected chi connectivity index (χ2v) is 17.0. The van der Waals surface area contributed by atoms with Gasteiger partial charge in [0.05, 0.1) is 8.07 Å². The van der Waals surface area contributed by atoms with Crippen LogP contribution in [0.5, 0.6) is 0 Å². The van der Waals surface area contributed by atoms with Gasteiger partial charge in [-0.2, -0.15) is 0 Å². The average molecular weight is 503 g/mol. The molecule has 0 saturated heterocycles. The summed E-state index contributed by atoms with van der Waals surface area (Å²) < 4.78 is 0. The minimum Gasteiger partial charge on any atom is -0.0675 e. The molecule has 0 aliphatic carbocycles. The van der Waals surface area contributed by atoms with Gasteiger partial charge in [-0.05, 0) is 51.8 Å². The number of hydrogen-bond acceptors (Lipinski definition) is 0. The van der Waals surface area contributed by atoms with Gasteiger partial charge in [-0.1, -0.05) is 159 Å². The molecule has 5 rings (SSSR count). The molecule has 0 heterocycles. The van der Waals surface area contributed by atoms with Crippen LogP contribution in [0, 0.1) is 0 Å². The normalized spacial score (nSPS) is 11.8. The van der Waals surface area contributed by atoms with Crippen LogP contribution in [0.3, 0.4) is 0 Å². The molecule has 0 saturated carbocycles. The first-order valence-electron chi connectivity index (χ1n) is 13.2. The fourth-order valence-electron chi connectivity index (χ4n) is 5.70. The van der Waals surface area contributed by atoms with E-state index in [1.165, 1.54) is 55.9 Å². The lowest BCUT2D eigenvalue weighted by Gasteiger charge is -2.33. The highest BCUT2D eigenvalue weighted by atomic mass is 31.1. The van der Waals surface area contributed by atoms with E-state index in [1.54, 1.807) is 5.19 Å². The van der Waals surface area contributed by atoms with Crippen LogP contribution in [0.1, 0.15) is 20.8 Å². The van der Waals surface area contributed by atoms with E-state index >= 15 is 0 Å². The van der Waals surface area contributed by atoms with E-state index in [0.29, 0.717) is 0 Å². The van der Waals surface area contributed by atoms with Crippen molar-refractivity contribution >= 4 is 47.9 Å². The Morgan fingerprint density at radius 3 is 1.53 bits per heavy atom. The minimum atomic E-state index is -1.65. The number of rotatable bonds is 8. The molecule has 180 valence electrons. The molecule has 0 nitrogen and oxygen atoms in total. The third-order valence-corrected chi connectivity index (χ3v) is 16.1. The summed E-state index contributed by atoms with van der Waals surface area (Å²) in [4.78, 5) is 0. The Morgan fingerprint density at radius 1 is 0.500 bits per heavy atom. The summed E-state index contributed by atoms with van der Waals surface area (Å²) in [6.07, 6.45) is 0. The van der Waals surface area contributed by atoms with E-state index < -0.39 is 16.0 Å². The van der Waals surface area contributed by atoms with Gasteiger partial charge in [0.2, 0.25) is 0 Å². The Bertz CT molecular complexity index is 1390. The Labute approximate surface area is 218 Å². The first-order valence-corrected chi connectivity index (χ1v) is 17.2. The highest BCUT2D eigenvalue weighted by Gasteiger charge is 2.33. The van der Waals surface area contributed by atoms with Crippen molar-refractivity contribution in [2.45, 2.75) is 38.9 Å². The van der Waals surface area contributed by atoms with E-state index in [-0.39, 0.29) is 0 Å². The summed E-state index contributed by atoms with van der Waals surface area (Å²) >= 11 is 0. The maximum atomic E-state index is 2.55. The fraction of sp³-hybridized carbons (Fsp3) is 0.176. The van der Waals surface area contributed by atoms with E-state index in [0.717, 1.165) is 0 Å². The quantitative estimate of drug-likeness (QED) is 0.149. The van der Waals surface area contributed by atoms with E-state index in [2.05, 4.69) is 142 Å². The molecule has 0 N–H and O–H groups in total. The molecule has 0 spiro atoms. The zero-order chi connectivity index (χ0) is 25.0. The molecule has 0 aliphatic rings. The van der Waals surface area contributed by atoms with Gasteiger partial charge in [0.25, 0.3) is 0 Å². The van der Waals surface area contributed by atoms with Gasteiger partial charge in [0.1, 0.15) is 0 Å². The molecule has 5 aromatic rings. The molecule has 2 heteroatoms. The largest absolute Gasteiger partial charge is 0.0867 e. The third-order valence-electron chi connectivity index (χ3n) is 7.95. The molecule has 0 aliphatic heterocycles. The maximum Gasteiger partial charge on any atom is 0.0867 e. The lowest BCUT2D eigenvalue weighted by molar-refractivity contribution is 1.20. The highest BCUT2D eigenvalue weighted by Crippen LogP contribution is 2.38. The number of hydrogen-bond donors (Lipinski definition) is 0. The first kappa shape index (κ1) is 24.7. The van der Waals surface area contributed by atoms with Crippen molar-refractivity contribution in [3.05, 3.63) is 121 Å². The zero-order valence-corrected chi connectivity index (χ0v) is 23.5. The van der Waals surface area contributed by atoms with E-state index in [9.17, 15) is 0 Å². The van der Waals surface area contributed by atoms with Crippen molar-refractivity contribution in [1.82, 2.24) is 0 Å². The fourth-order valence-corrected chi connectivity index (χ4v) is 12.0. The molecule has 0 radical (unpaired) electrons. The monoisotopic (exact) mass is 502 g/mol. The minimum absolute atomic E-state index is 0.679. The average Bonchev–Trinajstić information content (AvgIpc) is 2.95. The van der Waals surface area contributed by atoms with E-state index in [1.807, 2.05) is 0 Å². The first-order chi connectivity index (χ1) is 17.7. The van der Waals surface area contributed by atoms with Gasteiger partial charge in [0.15, 0.2) is 0 Å². The Balaban J connectivity index is 1.82. The van der Waals surface area contributed by atoms with Gasteiger partial charge >= 0.3 is 0 Å². The Morgan fingerprint density at radius 2 is 0.972 bits per heavy atom. The van der Waals surface area contributed by atoms with Gasteiger partial charge in [0, 0.05) is 0 Å². The molecule has 36 heavy (non-hydrogen) atoms. The van der Waals surface area contributed by atoms with E-state index in [4.69, 9.17) is 0 Å². The van der Waals surface area contributed by atoms with Crippen LogP contribution in [0.15, 0.2) is 121 Å². The van der Waals surface area contributed by atoms with Crippen LogP contribution >= 0.6 is 7.92 Å². The second-order valence-electron chi connectivity index (χ2n) is 9.61. The standard InChI is InChI=1S/C34H35PSi/c1-4-36(5-2,6-3)34-26-28-18-14-13-17-27(28)25-32(34)31-23-15-16-24-33(31)35(29-19-9-7-10-20-29)30-21-11-8-12-22-30/h7-26H,4-6H2,1-3H3. The van der Waals surface area contributed by atoms with Gasteiger partial charge in [-0.3, -0.25) is 0 Å². The molecule has 0 atom stereocenters. The van der Waals surface area contributed by atoms with Crippen molar-refractivity contribution in [1.29, 1.82) is 0 Å². The SMILES string of the molecule is CC[Si](CC)(CC)c1cc2ccccc2cc1-c1ccccc1P(c1ccccc1)c1ccccc1. The summed E-state index contributed by atoms with van der Waals surface area (Å²) in [5.74, 6) is 0. The lowest BCUT2D eigenvalue weighted by Crippen LogP contribution is -2.47. The summed E-state index contributed by atoms with van der Waals surface area (Å²) in [5.41, 5.74) is 2.87. The second kappa shape index (κ2) is 11.0. The predicted octanol–water partition coefficient (Wildman–Crippen LogP) is 7.98. The zero-order valence-electron chi connectivity index (χ0n) is 21.6. The highest BCUT2D eigenvalue weighted by molar-refractivity contribution is 7.80. The van der Waals surface area contributed by atoms with Gasteiger partial charge in [-0.25, -0.2) is 0 Å². The molecule has 5 aromatic carbocycles. The van der Waals surface area contributed by atoms with Crippen molar-refractivity contribution in [2.75, 3.05) is 0 Å². The van der Waals surface area contributed by atoms with Gasteiger partial charge < -0.3 is 0 Å². The molecular weight excluding hydrogens is 467 g/mol. The van der Waals surface area contributed by atoms with Crippen LogP contribution < -0.4 is 21.1 Å². The topological polar surface area (TPSA) is 0 Å². The van der Waals surface area contributed by atoms with Gasteiger partial charge in [-0.15, -0.1) is 0 Å². The number of benzene rings is 5.